The Kier molecular flexibility index (Phi) is 5.16. The number of rotatable bonds is 3. The Morgan fingerprint density at radius 1 is 1.29 bits per heavy atom. The Balaban J connectivity index is 1.99. The van der Waals surface area contributed by atoms with Crippen LogP contribution >= 0.6 is 12.2 Å². The van der Waals surface area contributed by atoms with E-state index in [0.717, 1.165) is 12.8 Å². The number of ether oxygens (including phenoxy) is 1. The fourth-order valence-electron chi connectivity index (χ4n) is 3.10. The van der Waals surface area contributed by atoms with Gasteiger partial charge in [0, 0.05) is 39.3 Å². The second-order valence-electron chi connectivity index (χ2n) is 5.83. The number of amides is 2. The fourth-order valence-corrected chi connectivity index (χ4v) is 3.39. The maximum absolute atomic E-state index is 12.9. The van der Waals surface area contributed by atoms with Crippen molar-refractivity contribution in [3.63, 3.8) is 0 Å². The average molecular weight is 313 g/mol. The lowest BCUT2D eigenvalue weighted by atomic mass is 9.78. The molecule has 2 fully saturated rings. The summed E-state index contributed by atoms with van der Waals surface area (Å²) in [5.41, 5.74) is 5.13. The van der Waals surface area contributed by atoms with Crippen LogP contribution in [-0.2, 0) is 14.3 Å². The molecule has 21 heavy (non-hydrogen) atoms. The van der Waals surface area contributed by atoms with Crippen LogP contribution in [0, 0.1) is 5.41 Å². The number of carbonyl (C=O) groups is 2. The maximum atomic E-state index is 12.9. The molecule has 0 spiro atoms. The van der Waals surface area contributed by atoms with Gasteiger partial charge in [0.1, 0.15) is 5.41 Å². The van der Waals surface area contributed by atoms with Crippen molar-refractivity contribution in [2.75, 3.05) is 26.3 Å². The van der Waals surface area contributed by atoms with E-state index in [1.54, 1.807) is 0 Å². The third kappa shape index (κ3) is 3.52. The molecule has 0 radical (unpaired) electrons. The quantitative estimate of drug-likeness (QED) is 0.727. The van der Waals surface area contributed by atoms with E-state index in [-0.39, 0.29) is 22.8 Å². The van der Waals surface area contributed by atoms with Gasteiger partial charge in [0.15, 0.2) is 0 Å². The van der Waals surface area contributed by atoms with Crippen molar-refractivity contribution in [1.29, 1.82) is 0 Å². The van der Waals surface area contributed by atoms with Gasteiger partial charge >= 0.3 is 0 Å². The average Bonchev–Trinajstić information content (AvgIpc) is 2.47. The standard InChI is InChI=1S/C14H23N3O3S/c1-10(18)16-11-2-6-17(7-3-11)13(19)14(12(15)21)4-8-20-9-5-14/h11H,2-9H2,1H3,(H2,15,21)(H,16,18). The summed E-state index contributed by atoms with van der Waals surface area (Å²) in [4.78, 5) is 26.1. The van der Waals surface area contributed by atoms with E-state index in [9.17, 15) is 9.59 Å². The molecule has 0 aromatic carbocycles. The summed E-state index contributed by atoms with van der Waals surface area (Å²) in [5, 5.41) is 2.91. The Hall–Kier alpha value is -1.21. The van der Waals surface area contributed by atoms with Crippen molar-refractivity contribution in [2.45, 2.75) is 38.6 Å². The second kappa shape index (κ2) is 6.70. The summed E-state index contributed by atoms with van der Waals surface area (Å²) in [6.45, 7) is 3.82. The zero-order valence-electron chi connectivity index (χ0n) is 12.4. The van der Waals surface area contributed by atoms with E-state index < -0.39 is 5.41 Å². The maximum Gasteiger partial charge on any atom is 0.235 e. The van der Waals surface area contributed by atoms with E-state index in [2.05, 4.69) is 5.32 Å². The molecule has 0 bridgehead atoms. The van der Waals surface area contributed by atoms with Crippen LogP contribution < -0.4 is 11.1 Å². The van der Waals surface area contributed by atoms with Gasteiger partial charge in [-0.2, -0.15) is 0 Å². The van der Waals surface area contributed by atoms with Crippen molar-refractivity contribution in [3.8, 4) is 0 Å². The Bertz CT molecular complexity index is 427. The molecule has 2 rings (SSSR count). The minimum Gasteiger partial charge on any atom is -0.392 e. The van der Waals surface area contributed by atoms with Crippen LogP contribution in [0.15, 0.2) is 0 Å². The predicted octanol–water partition coefficient (Wildman–Crippen LogP) is 0.196. The van der Waals surface area contributed by atoms with Crippen LogP contribution in [0.1, 0.15) is 32.6 Å². The van der Waals surface area contributed by atoms with Crippen molar-refractivity contribution >= 4 is 29.0 Å². The van der Waals surface area contributed by atoms with E-state index in [1.807, 2.05) is 4.90 Å². The molecule has 2 aliphatic rings. The van der Waals surface area contributed by atoms with Gasteiger partial charge in [-0.1, -0.05) is 12.2 Å². The Morgan fingerprint density at radius 3 is 2.33 bits per heavy atom. The highest BCUT2D eigenvalue weighted by Crippen LogP contribution is 2.34. The lowest BCUT2D eigenvalue weighted by Gasteiger charge is -2.41. The van der Waals surface area contributed by atoms with E-state index in [0.29, 0.717) is 39.1 Å². The highest BCUT2D eigenvalue weighted by atomic mass is 32.1. The Morgan fingerprint density at radius 2 is 1.86 bits per heavy atom. The van der Waals surface area contributed by atoms with Crippen molar-refractivity contribution in [1.82, 2.24) is 10.2 Å². The normalized spacial score (nSPS) is 22.6. The molecule has 0 aliphatic carbocycles. The summed E-state index contributed by atoms with van der Waals surface area (Å²) in [5.74, 6) is 0.00314. The third-order valence-electron chi connectivity index (χ3n) is 4.42. The molecule has 2 heterocycles. The summed E-state index contributed by atoms with van der Waals surface area (Å²) in [6, 6.07) is 0.155. The zero-order chi connectivity index (χ0) is 15.5. The monoisotopic (exact) mass is 313 g/mol. The van der Waals surface area contributed by atoms with Crippen LogP contribution in [0.25, 0.3) is 0 Å². The summed E-state index contributed by atoms with van der Waals surface area (Å²) in [7, 11) is 0. The molecular weight excluding hydrogens is 290 g/mol. The van der Waals surface area contributed by atoms with Crippen LogP contribution in [0.2, 0.25) is 0 Å². The van der Waals surface area contributed by atoms with E-state index in [1.165, 1.54) is 6.92 Å². The number of piperidine rings is 1. The number of nitrogens with one attached hydrogen (secondary N) is 1. The molecule has 0 aromatic rings. The van der Waals surface area contributed by atoms with E-state index in [4.69, 9.17) is 22.7 Å². The molecule has 118 valence electrons. The smallest absolute Gasteiger partial charge is 0.235 e. The van der Waals surface area contributed by atoms with Gasteiger partial charge in [0.25, 0.3) is 0 Å². The molecule has 0 atom stereocenters. The minimum atomic E-state index is -0.742. The number of nitrogens with two attached hydrogens (primary N) is 1. The number of hydrogen-bond acceptors (Lipinski definition) is 4. The van der Waals surface area contributed by atoms with Crippen LogP contribution in [0.5, 0.6) is 0 Å². The van der Waals surface area contributed by atoms with Gasteiger partial charge in [-0.05, 0) is 25.7 Å². The fraction of sp³-hybridized carbons (Fsp3) is 0.786. The van der Waals surface area contributed by atoms with Gasteiger partial charge in [0.05, 0.1) is 4.99 Å². The van der Waals surface area contributed by atoms with Gasteiger partial charge in [0.2, 0.25) is 11.8 Å². The first kappa shape index (κ1) is 16.2. The SMILES string of the molecule is CC(=O)NC1CCN(C(=O)C2(C(N)=S)CCOCC2)CC1. The van der Waals surface area contributed by atoms with Crippen LogP contribution in [0.3, 0.4) is 0 Å². The number of nitrogens with zero attached hydrogens (tertiary/aromatic N) is 1. The van der Waals surface area contributed by atoms with Gasteiger partial charge in [-0.25, -0.2) is 0 Å². The molecule has 2 amide bonds. The molecule has 3 N–H and O–H groups in total. The molecule has 0 saturated carbocycles. The molecule has 6 nitrogen and oxygen atoms in total. The van der Waals surface area contributed by atoms with Crippen molar-refractivity contribution < 1.29 is 14.3 Å². The largest absolute Gasteiger partial charge is 0.392 e. The molecule has 0 unspecified atom stereocenters. The number of likely N-dealkylation sites (tertiary alicyclic amines) is 1. The van der Waals surface area contributed by atoms with Crippen molar-refractivity contribution in [2.24, 2.45) is 11.1 Å². The molecular formula is C14H23N3O3S. The van der Waals surface area contributed by atoms with Crippen LogP contribution in [-0.4, -0.2) is 54.0 Å². The predicted molar refractivity (Wildman–Crippen MR) is 82.7 cm³/mol. The van der Waals surface area contributed by atoms with Gasteiger partial charge < -0.3 is 20.7 Å². The van der Waals surface area contributed by atoms with Crippen molar-refractivity contribution in [3.05, 3.63) is 0 Å². The third-order valence-corrected chi connectivity index (χ3v) is 4.81. The summed E-state index contributed by atoms with van der Waals surface area (Å²) in [6.07, 6.45) is 2.67. The first-order valence-corrected chi connectivity index (χ1v) is 7.80. The lowest BCUT2D eigenvalue weighted by molar-refractivity contribution is -0.143. The number of hydrogen-bond donors (Lipinski definition) is 2. The Labute approximate surface area is 130 Å². The molecule has 2 aliphatic heterocycles. The number of thiocarbonyl (C=S) groups is 1. The number of carbonyl (C=O) groups excluding carboxylic acids is 2. The zero-order valence-corrected chi connectivity index (χ0v) is 13.2. The molecule has 2 saturated heterocycles. The van der Waals surface area contributed by atoms with Gasteiger partial charge in [-0.3, -0.25) is 9.59 Å². The molecule has 7 heteroatoms. The second-order valence-corrected chi connectivity index (χ2v) is 6.27. The highest BCUT2D eigenvalue weighted by Gasteiger charge is 2.45. The first-order chi connectivity index (χ1) is 9.95. The lowest BCUT2D eigenvalue weighted by Crippen LogP contribution is -2.56. The van der Waals surface area contributed by atoms with Gasteiger partial charge in [-0.15, -0.1) is 0 Å². The highest BCUT2D eigenvalue weighted by molar-refractivity contribution is 7.80. The minimum absolute atomic E-state index is 0.0242. The molecule has 0 aromatic heterocycles. The summed E-state index contributed by atoms with van der Waals surface area (Å²) >= 11 is 5.17. The van der Waals surface area contributed by atoms with Crippen LogP contribution in [0.4, 0.5) is 0 Å². The first-order valence-electron chi connectivity index (χ1n) is 7.40. The summed E-state index contributed by atoms with van der Waals surface area (Å²) < 4.78 is 5.34. The topological polar surface area (TPSA) is 84.7 Å². The van der Waals surface area contributed by atoms with E-state index >= 15 is 0 Å².